The number of fused-ring (bicyclic) bond motifs is 3. The Balaban J connectivity index is 1.26. The lowest BCUT2D eigenvalue weighted by molar-refractivity contribution is -0.151. The van der Waals surface area contributed by atoms with Crippen LogP contribution in [0.5, 0.6) is 0 Å². The van der Waals surface area contributed by atoms with Gasteiger partial charge in [0.2, 0.25) is 18.0 Å². The number of aliphatic hydroxyl groups is 1. The molecule has 0 bridgehead atoms. The van der Waals surface area contributed by atoms with Gasteiger partial charge in [0.1, 0.15) is 17.8 Å². The van der Waals surface area contributed by atoms with Gasteiger partial charge in [0.05, 0.1) is 5.25 Å². The van der Waals surface area contributed by atoms with E-state index in [-0.39, 0.29) is 48.6 Å². The van der Waals surface area contributed by atoms with Crippen molar-refractivity contribution >= 4 is 41.5 Å². The number of carboxylic acids is 2. The quantitative estimate of drug-likeness (QED) is 0.0508. The highest BCUT2D eigenvalue weighted by molar-refractivity contribution is 8.00. The van der Waals surface area contributed by atoms with Gasteiger partial charge in [0.25, 0.3) is 0 Å². The molecule has 8 N–H and O–H groups in total. The Hall–Kier alpha value is -5.31. The summed E-state index contributed by atoms with van der Waals surface area (Å²) < 4.78 is 6.93. The van der Waals surface area contributed by atoms with Crippen LogP contribution in [0.15, 0.2) is 83.4 Å². The summed E-state index contributed by atoms with van der Waals surface area (Å²) in [7, 11) is 1.66. The summed E-state index contributed by atoms with van der Waals surface area (Å²) in [5.74, 6) is 3.01. The van der Waals surface area contributed by atoms with Crippen molar-refractivity contribution in [1.29, 1.82) is 0 Å². The Morgan fingerprint density at radius 2 is 1.69 bits per heavy atom. The molecule has 8 atom stereocenters. The van der Waals surface area contributed by atoms with Gasteiger partial charge in [-0.15, -0.1) is 11.8 Å². The van der Waals surface area contributed by atoms with Crippen molar-refractivity contribution in [1.82, 2.24) is 31.6 Å². The third-order valence-corrected chi connectivity index (χ3v) is 16.5. The Morgan fingerprint density at radius 1 is 0.941 bits per heavy atom. The number of pyridine rings is 1. The molecule has 68 heavy (non-hydrogen) atoms. The van der Waals surface area contributed by atoms with E-state index in [1.165, 1.54) is 22.9 Å². The second-order valence-electron chi connectivity index (χ2n) is 19.2. The Kier molecular flexibility index (Phi) is 15.9. The van der Waals surface area contributed by atoms with Gasteiger partial charge in [0, 0.05) is 61.7 Å². The largest absolute Gasteiger partial charge is 0.480 e. The van der Waals surface area contributed by atoms with Crippen molar-refractivity contribution in [2.45, 2.75) is 126 Å². The first-order chi connectivity index (χ1) is 32.9. The summed E-state index contributed by atoms with van der Waals surface area (Å²) in [6, 6.07) is 9.86. The van der Waals surface area contributed by atoms with Crippen molar-refractivity contribution < 1.29 is 44.0 Å². The van der Waals surface area contributed by atoms with Crippen LogP contribution in [0.2, 0.25) is 0 Å². The van der Waals surface area contributed by atoms with Gasteiger partial charge < -0.3 is 41.3 Å². The number of hydrogen-bond donors (Lipinski definition) is 8. The molecule has 6 aliphatic rings. The molecule has 8 unspecified atom stereocenters. The summed E-state index contributed by atoms with van der Waals surface area (Å²) in [5.41, 5.74) is 4.79. The zero-order valence-electron chi connectivity index (χ0n) is 38.7. The number of amides is 2. The number of nitrogens with one attached hydrogen (secondary N) is 5. The minimum atomic E-state index is -2.23. The maximum atomic E-state index is 15.7. The first kappa shape index (κ1) is 49.1. The lowest BCUT2D eigenvalue weighted by Crippen LogP contribution is -2.53. The SMILES string of the molecule is CNCNC(CCC(=O)NC(CSC1C2=C3C(CCCCCC14CCCC4)CC(Cc1ccncc1)=C1C4NCC=CC4Cc4ccccc4CC#CC31C(=O)O2)C(=O)NC(O)C(=O)O)C(=O)O. The zero-order valence-corrected chi connectivity index (χ0v) is 39.5. The number of hydrogen-bond acceptors (Lipinski definition) is 12. The van der Waals surface area contributed by atoms with E-state index in [4.69, 9.17) is 4.74 Å². The first-order valence-electron chi connectivity index (χ1n) is 24.2. The number of nitrogens with zero attached hydrogens (tertiary/aromatic N) is 1. The topological polar surface area (TPSA) is 228 Å². The normalized spacial score (nSPS) is 26.4. The molecule has 1 fully saturated rings. The predicted molar refractivity (Wildman–Crippen MR) is 256 cm³/mol. The molecule has 8 rings (SSSR count). The average Bonchev–Trinajstić information content (AvgIpc) is 3.92. The van der Waals surface area contributed by atoms with Gasteiger partial charge in [-0.1, -0.05) is 85.9 Å². The summed E-state index contributed by atoms with van der Waals surface area (Å²) in [4.78, 5) is 71.3. The summed E-state index contributed by atoms with van der Waals surface area (Å²) in [6.45, 7) is 0.818. The smallest absolute Gasteiger partial charge is 0.353 e. The monoisotopic (exact) mass is 948 g/mol. The molecule has 4 aliphatic carbocycles. The van der Waals surface area contributed by atoms with Crippen molar-refractivity contribution in [3.8, 4) is 11.8 Å². The van der Waals surface area contributed by atoms with Crippen LogP contribution in [0.25, 0.3) is 0 Å². The fourth-order valence-electron chi connectivity index (χ4n) is 11.8. The van der Waals surface area contributed by atoms with Gasteiger partial charge in [-0.3, -0.25) is 24.7 Å². The number of aliphatic carboxylic acids is 2. The van der Waals surface area contributed by atoms with E-state index in [1.807, 2.05) is 18.2 Å². The van der Waals surface area contributed by atoms with E-state index < -0.39 is 58.7 Å². The number of carbonyl (C=O) groups excluding carboxylic acids is 3. The number of benzene rings is 1. The molecule has 15 nitrogen and oxygen atoms in total. The predicted octanol–water partition coefficient (Wildman–Crippen LogP) is 4.31. The summed E-state index contributed by atoms with van der Waals surface area (Å²) in [5, 5.41) is 43.5. The highest BCUT2D eigenvalue weighted by Crippen LogP contribution is 2.62. The van der Waals surface area contributed by atoms with Crippen LogP contribution in [0, 0.1) is 34.5 Å². The molecule has 1 saturated carbocycles. The van der Waals surface area contributed by atoms with Crippen LogP contribution < -0.4 is 26.6 Å². The minimum Gasteiger partial charge on any atom is -0.480 e. The van der Waals surface area contributed by atoms with Crippen molar-refractivity contribution in [3.05, 3.63) is 100 Å². The van der Waals surface area contributed by atoms with E-state index in [1.54, 1.807) is 19.4 Å². The fourth-order valence-corrected chi connectivity index (χ4v) is 13.4. The number of carboxylic acid groups (broad SMARTS) is 2. The third kappa shape index (κ3) is 10.5. The molecule has 1 aromatic heterocycles. The molecule has 3 heterocycles. The number of aliphatic hydroxyl groups excluding tert-OH is 1. The lowest BCUT2D eigenvalue weighted by Gasteiger charge is -2.45. The van der Waals surface area contributed by atoms with Crippen molar-refractivity contribution in [2.24, 2.45) is 22.7 Å². The van der Waals surface area contributed by atoms with Crippen LogP contribution >= 0.6 is 11.8 Å². The highest BCUT2D eigenvalue weighted by atomic mass is 32.2. The van der Waals surface area contributed by atoms with Crippen LogP contribution in [0.4, 0.5) is 0 Å². The zero-order chi connectivity index (χ0) is 47.8. The molecule has 1 aromatic carbocycles. The number of carbonyl (C=O) groups is 5. The minimum absolute atomic E-state index is 0.0119. The van der Waals surface area contributed by atoms with Crippen LogP contribution in [0.1, 0.15) is 93.7 Å². The Labute approximate surface area is 402 Å². The van der Waals surface area contributed by atoms with Crippen molar-refractivity contribution in [2.75, 3.05) is 26.0 Å². The number of allylic oxidation sites excluding steroid dienone is 1. The Morgan fingerprint density at radius 3 is 2.43 bits per heavy atom. The van der Waals surface area contributed by atoms with Gasteiger partial charge in [-0.25, -0.2) is 9.59 Å². The second-order valence-corrected chi connectivity index (χ2v) is 20.4. The molecular weight excluding hydrogens is 885 g/mol. The van der Waals surface area contributed by atoms with E-state index in [0.717, 1.165) is 86.5 Å². The molecular formula is C52H64N6O9S. The highest BCUT2D eigenvalue weighted by Gasteiger charge is 2.62. The van der Waals surface area contributed by atoms with E-state index in [9.17, 15) is 34.5 Å². The molecule has 2 spiro atoms. The molecule has 0 radical (unpaired) electrons. The molecule has 2 amide bonds. The first-order valence-corrected chi connectivity index (χ1v) is 25.3. The lowest BCUT2D eigenvalue weighted by atomic mass is 9.57. The van der Waals surface area contributed by atoms with Crippen molar-refractivity contribution in [3.63, 3.8) is 0 Å². The third-order valence-electron chi connectivity index (χ3n) is 14.9. The number of thioether (sulfide) groups is 1. The number of ether oxygens (including phenoxy) is 1. The van der Waals surface area contributed by atoms with E-state index in [2.05, 4.69) is 73.8 Å². The Bertz CT molecular complexity index is 2390. The standard InChI is InChI=1S/C52H64N6O9S/c1-53-31-56-38(48(62)63)16-17-40(59)57-39(46(60)58-47(61)49(64)65)30-68-45-44-42-35(13-3-2-6-20-51(45)21-7-8-22-51)29-37(27-32-18-25-54-26-19-32)41-43-36(15-10-24-55-43)28-34-12-5-4-11-33(34)14-9-23-52(41,42)50(66)67-44/h4-5,10-12,15,18-19,25-26,35-36,38-39,43,45,47,53,55-56,61H,2-3,6-8,13-14,16-17,20-22,24,27-31H2,1H3,(H,57,59)(H,58,60)(H,62,63)(H,64,65). The van der Waals surface area contributed by atoms with Gasteiger partial charge in [0.15, 0.2) is 5.41 Å². The molecule has 2 aromatic rings. The van der Waals surface area contributed by atoms with E-state index in [0.29, 0.717) is 31.6 Å². The van der Waals surface area contributed by atoms with E-state index >= 15 is 4.79 Å². The molecule has 16 heteroatoms. The van der Waals surface area contributed by atoms with Crippen LogP contribution in [0.3, 0.4) is 0 Å². The second kappa shape index (κ2) is 22.0. The molecule has 2 aliphatic heterocycles. The van der Waals surface area contributed by atoms with Crippen LogP contribution in [-0.2, 0) is 48.0 Å². The van der Waals surface area contributed by atoms with Gasteiger partial charge in [-0.05, 0) is 104 Å². The maximum absolute atomic E-state index is 15.7. The van der Waals surface area contributed by atoms with Gasteiger partial charge >= 0.3 is 17.9 Å². The van der Waals surface area contributed by atoms with Crippen LogP contribution in [-0.4, -0.2) is 106 Å². The number of aromatic nitrogens is 1. The average molecular weight is 949 g/mol. The maximum Gasteiger partial charge on any atom is 0.353 e. The molecule has 362 valence electrons. The molecule has 0 saturated heterocycles. The number of esters is 1. The fraction of sp³-hybridized carbons (Fsp3) is 0.538. The summed E-state index contributed by atoms with van der Waals surface area (Å²) in [6.07, 6.45) is 16.4. The van der Waals surface area contributed by atoms with Gasteiger partial charge in [-0.2, -0.15) is 0 Å². The summed E-state index contributed by atoms with van der Waals surface area (Å²) >= 11 is 1.42. The number of rotatable bonds is 16.